The summed E-state index contributed by atoms with van der Waals surface area (Å²) in [6, 6.07) is 1.63. The highest BCUT2D eigenvalue weighted by molar-refractivity contribution is 8.00. The summed E-state index contributed by atoms with van der Waals surface area (Å²) in [7, 11) is -3.03. The number of carbonyl (C=O) groups excluding carboxylic acids is 1. The monoisotopic (exact) mass is 411 g/mol. The molecule has 3 rings (SSSR count). The zero-order valence-electron chi connectivity index (χ0n) is 15.1. The van der Waals surface area contributed by atoms with E-state index in [4.69, 9.17) is 4.52 Å². The maximum Gasteiger partial charge on any atom is 0.238 e. The van der Waals surface area contributed by atoms with Gasteiger partial charge in [-0.05, 0) is 20.3 Å². The fourth-order valence-corrected chi connectivity index (χ4v) is 5.46. The molecule has 1 N–H and O–H groups in total. The summed E-state index contributed by atoms with van der Waals surface area (Å²) in [5, 5.41) is 14.9. The smallest absolute Gasteiger partial charge is 0.238 e. The Morgan fingerprint density at radius 2 is 2.33 bits per heavy atom. The van der Waals surface area contributed by atoms with Crippen LogP contribution in [0.4, 0.5) is 5.82 Å². The zero-order valence-corrected chi connectivity index (χ0v) is 16.7. The number of carbonyl (C=O) groups is 1. The van der Waals surface area contributed by atoms with Crippen molar-refractivity contribution < 1.29 is 17.7 Å². The van der Waals surface area contributed by atoms with E-state index in [2.05, 4.69) is 27.2 Å². The van der Waals surface area contributed by atoms with Crippen LogP contribution in [-0.4, -0.2) is 51.0 Å². The van der Waals surface area contributed by atoms with Crippen LogP contribution in [0.5, 0.6) is 0 Å². The fraction of sp³-hybridized carbons (Fsp3) is 0.500. The van der Waals surface area contributed by atoms with Crippen LogP contribution in [0.3, 0.4) is 0 Å². The molecule has 2 aromatic rings. The molecule has 2 aromatic heterocycles. The number of sulfone groups is 1. The molecule has 0 aliphatic carbocycles. The molecule has 1 aliphatic heterocycles. The molecule has 27 heavy (non-hydrogen) atoms. The van der Waals surface area contributed by atoms with Gasteiger partial charge in [0.25, 0.3) is 0 Å². The molecule has 1 fully saturated rings. The van der Waals surface area contributed by atoms with Crippen molar-refractivity contribution >= 4 is 33.3 Å². The number of thioether (sulfide) groups is 1. The van der Waals surface area contributed by atoms with Crippen molar-refractivity contribution in [1.29, 1.82) is 0 Å². The molecule has 0 aromatic carbocycles. The Kier molecular flexibility index (Phi) is 5.70. The van der Waals surface area contributed by atoms with E-state index in [0.29, 0.717) is 35.5 Å². The second-order valence-corrected chi connectivity index (χ2v) is 9.95. The number of amides is 1. The van der Waals surface area contributed by atoms with Gasteiger partial charge in [-0.3, -0.25) is 4.79 Å². The van der Waals surface area contributed by atoms with Crippen molar-refractivity contribution in [2.45, 2.75) is 43.1 Å². The first-order valence-electron chi connectivity index (χ1n) is 8.44. The quantitative estimate of drug-likeness (QED) is 0.541. The third-order valence-corrected chi connectivity index (χ3v) is 7.03. The third-order valence-electron chi connectivity index (χ3n) is 4.19. The van der Waals surface area contributed by atoms with Gasteiger partial charge in [0.1, 0.15) is 11.6 Å². The number of hydrogen-bond donors (Lipinski definition) is 1. The Labute approximate surface area is 161 Å². The molecule has 0 unspecified atom stereocenters. The molecule has 1 saturated heterocycles. The molecular weight excluding hydrogens is 390 g/mol. The number of aryl methyl sites for hydroxylation is 1. The summed E-state index contributed by atoms with van der Waals surface area (Å²) >= 11 is 1.25. The Bertz CT molecular complexity index is 950. The molecule has 9 nitrogen and oxygen atoms in total. The lowest BCUT2D eigenvalue weighted by atomic mass is 10.1. The van der Waals surface area contributed by atoms with E-state index in [1.54, 1.807) is 26.0 Å². The molecule has 0 saturated carbocycles. The molecular formula is C16H21N5O4S2. The summed E-state index contributed by atoms with van der Waals surface area (Å²) in [5.74, 6) is 1.40. The highest BCUT2D eigenvalue weighted by Gasteiger charge is 2.33. The number of nitrogens with one attached hydrogen (secondary N) is 1. The van der Waals surface area contributed by atoms with Gasteiger partial charge in [-0.1, -0.05) is 23.0 Å². The molecule has 1 amide bonds. The Morgan fingerprint density at radius 3 is 2.93 bits per heavy atom. The lowest BCUT2D eigenvalue weighted by molar-refractivity contribution is -0.115. The Hall–Kier alpha value is -2.14. The summed E-state index contributed by atoms with van der Waals surface area (Å²) in [5.41, 5.74) is 0. The van der Waals surface area contributed by atoms with E-state index in [1.807, 2.05) is 4.57 Å². The van der Waals surface area contributed by atoms with E-state index >= 15 is 0 Å². The normalized spacial score (nSPS) is 19.7. The average molecular weight is 412 g/mol. The molecule has 2 atom stereocenters. The SMILES string of the molecule is C=CCn1c(S[C@H](C)C(=O)Nc2cc(C)on2)nnc1[C@@H]1CCS(=O)(=O)C1. The zero-order chi connectivity index (χ0) is 19.6. The molecule has 146 valence electrons. The van der Waals surface area contributed by atoms with Gasteiger partial charge in [-0.15, -0.1) is 16.8 Å². The van der Waals surface area contributed by atoms with Crippen molar-refractivity contribution in [3.05, 3.63) is 30.3 Å². The van der Waals surface area contributed by atoms with Gasteiger partial charge in [0.05, 0.1) is 16.8 Å². The minimum absolute atomic E-state index is 0.0779. The number of nitrogens with zero attached hydrogens (tertiary/aromatic N) is 4. The minimum atomic E-state index is -3.03. The van der Waals surface area contributed by atoms with Gasteiger partial charge in [-0.2, -0.15) is 0 Å². The van der Waals surface area contributed by atoms with Crippen molar-refractivity contribution in [3.8, 4) is 0 Å². The molecule has 0 spiro atoms. The fourth-order valence-electron chi connectivity index (χ4n) is 2.85. The van der Waals surface area contributed by atoms with Crippen LogP contribution in [0.25, 0.3) is 0 Å². The average Bonchev–Trinajstić information content (AvgIpc) is 3.28. The van der Waals surface area contributed by atoms with Crippen LogP contribution in [0, 0.1) is 6.92 Å². The maximum atomic E-state index is 12.4. The van der Waals surface area contributed by atoms with Gasteiger partial charge in [-0.25, -0.2) is 8.42 Å². The van der Waals surface area contributed by atoms with Gasteiger partial charge in [0.15, 0.2) is 20.8 Å². The first-order chi connectivity index (χ1) is 12.8. The van der Waals surface area contributed by atoms with Gasteiger partial charge in [0.2, 0.25) is 5.91 Å². The molecule has 11 heteroatoms. The molecule has 3 heterocycles. The van der Waals surface area contributed by atoms with E-state index in [-0.39, 0.29) is 23.3 Å². The summed E-state index contributed by atoms with van der Waals surface area (Å²) in [6.45, 7) is 7.68. The number of hydrogen-bond acceptors (Lipinski definition) is 8. The Morgan fingerprint density at radius 1 is 1.56 bits per heavy atom. The first kappa shape index (κ1) is 19.6. The molecule has 0 radical (unpaired) electrons. The topological polar surface area (TPSA) is 120 Å². The largest absolute Gasteiger partial charge is 0.360 e. The van der Waals surface area contributed by atoms with Crippen LogP contribution >= 0.6 is 11.8 Å². The maximum absolute atomic E-state index is 12.4. The second kappa shape index (κ2) is 7.85. The van der Waals surface area contributed by atoms with E-state index < -0.39 is 15.1 Å². The van der Waals surface area contributed by atoms with Gasteiger partial charge < -0.3 is 14.4 Å². The predicted molar refractivity (Wildman–Crippen MR) is 101 cm³/mol. The lowest BCUT2D eigenvalue weighted by Gasteiger charge is -2.13. The van der Waals surface area contributed by atoms with Gasteiger partial charge in [0, 0.05) is 18.5 Å². The highest BCUT2D eigenvalue weighted by Crippen LogP contribution is 2.31. The predicted octanol–water partition coefficient (Wildman–Crippen LogP) is 1.78. The third kappa shape index (κ3) is 4.59. The first-order valence-corrected chi connectivity index (χ1v) is 11.1. The molecule has 0 bridgehead atoms. The van der Waals surface area contributed by atoms with Crippen molar-refractivity contribution in [2.24, 2.45) is 0 Å². The Balaban J connectivity index is 1.74. The number of allylic oxidation sites excluding steroid dienone is 1. The minimum Gasteiger partial charge on any atom is -0.360 e. The van der Waals surface area contributed by atoms with Crippen LogP contribution < -0.4 is 5.32 Å². The van der Waals surface area contributed by atoms with Crippen molar-refractivity contribution in [1.82, 2.24) is 19.9 Å². The summed E-state index contributed by atoms with van der Waals surface area (Å²) in [6.07, 6.45) is 2.23. The van der Waals surface area contributed by atoms with Crippen molar-refractivity contribution in [3.63, 3.8) is 0 Å². The van der Waals surface area contributed by atoms with Crippen LogP contribution in [-0.2, 0) is 21.2 Å². The highest BCUT2D eigenvalue weighted by atomic mass is 32.2. The lowest BCUT2D eigenvalue weighted by Crippen LogP contribution is -2.23. The standard InChI is InChI=1S/C16H21N5O4S2/c1-4-6-21-14(12-5-7-27(23,24)9-12)18-19-16(21)26-11(3)15(22)17-13-8-10(2)25-20-13/h4,8,11-12H,1,5-7,9H2,2-3H3,(H,17,20,22)/t11-,12-/m1/s1. The van der Waals surface area contributed by atoms with Crippen LogP contribution in [0.2, 0.25) is 0 Å². The van der Waals surface area contributed by atoms with Gasteiger partial charge >= 0.3 is 0 Å². The number of anilines is 1. The van der Waals surface area contributed by atoms with E-state index in [9.17, 15) is 13.2 Å². The van der Waals surface area contributed by atoms with E-state index in [1.165, 1.54) is 11.8 Å². The van der Waals surface area contributed by atoms with E-state index in [0.717, 1.165) is 0 Å². The second-order valence-electron chi connectivity index (χ2n) is 6.41. The number of rotatable bonds is 7. The van der Waals surface area contributed by atoms with Crippen LogP contribution in [0.1, 0.15) is 30.8 Å². The number of aromatic nitrogens is 4. The summed E-state index contributed by atoms with van der Waals surface area (Å²) < 4.78 is 30.3. The molecule has 1 aliphatic rings. The van der Waals surface area contributed by atoms with Crippen LogP contribution in [0.15, 0.2) is 28.4 Å². The van der Waals surface area contributed by atoms with Crippen molar-refractivity contribution in [2.75, 3.05) is 16.8 Å². The summed E-state index contributed by atoms with van der Waals surface area (Å²) in [4.78, 5) is 12.4.